The fraction of sp³-hybridized carbons (Fsp3) is 0.429. The normalized spacial score (nSPS) is 20.8. The first kappa shape index (κ1) is 16.4. The molecule has 1 fully saturated rings. The molecule has 1 saturated heterocycles. The monoisotopic (exact) mass is 339 g/mol. The number of aryl methyl sites for hydroxylation is 1. The third-order valence-corrected chi connectivity index (χ3v) is 5.19. The lowest BCUT2D eigenvalue weighted by atomic mass is 9.97. The zero-order valence-corrected chi connectivity index (χ0v) is 14.7. The van der Waals surface area contributed by atoms with E-state index in [0.717, 1.165) is 56.0 Å². The van der Waals surface area contributed by atoms with Gasteiger partial charge >= 0.3 is 0 Å². The average Bonchev–Trinajstić information content (AvgIpc) is 3.01. The maximum atomic E-state index is 10.5. The van der Waals surface area contributed by atoms with Crippen molar-refractivity contribution in [3.05, 3.63) is 47.5 Å². The summed E-state index contributed by atoms with van der Waals surface area (Å²) in [4.78, 5) is 2.42. The summed E-state index contributed by atoms with van der Waals surface area (Å²) >= 11 is 0. The Hall–Kier alpha value is -2.04. The Balaban J connectivity index is 1.63. The highest BCUT2D eigenvalue weighted by molar-refractivity contribution is 5.71. The predicted molar refractivity (Wildman–Crippen MR) is 98.0 cm³/mol. The van der Waals surface area contributed by atoms with E-state index >= 15 is 0 Å². The van der Waals surface area contributed by atoms with Gasteiger partial charge in [-0.3, -0.25) is 4.90 Å². The minimum Gasteiger partial charge on any atom is -0.504 e. The quantitative estimate of drug-likeness (QED) is 0.928. The summed E-state index contributed by atoms with van der Waals surface area (Å²) in [7, 11) is 0. The van der Waals surface area contributed by atoms with Crippen LogP contribution in [0.3, 0.4) is 0 Å². The molecule has 0 unspecified atom stereocenters. The van der Waals surface area contributed by atoms with Crippen LogP contribution in [0.4, 0.5) is 0 Å². The van der Waals surface area contributed by atoms with E-state index in [2.05, 4.69) is 30.0 Å². The second-order valence-electron chi connectivity index (χ2n) is 7.11. The molecule has 4 heteroatoms. The van der Waals surface area contributed by atoms with E-state index < -0.39 is 0 Å². The van der Waals surface area contributed by atoms with Gasteiger partial charge in [0.05, 0.1) is 6.61 Å². The standard InChI is InChI=1S/C21H25NO3/c1-15-4-2-3-5-19(15)17-10-18-13-22(12-16-6-8-24-14-16)7-9-25-21(18)20(23)11-17/h2-5,10-11,16,23H,6-9,12-14H2,1H3/t16-/m0/s1. The van der Waals surface area contributed by atoms with Crippen molar-refractivity contribution in [3.8, 4) is 22.6 Å². The molecule has 2 aliphatic rings. The molecule has 0 aliphatic carbocycles. The van der Waals surface area contributed by atoms with Gasteiger partial charge in [0.25, 0.3) is 0 Å². The number of phenolic OH excluding ortho intramolecular Hbond substituents is 1. The summed E-state index contributed by atoms with van der Waals surface area (Å²) in [6.07, 6.45) is 1.14. The van der Waals surface area contributed by atoms with Crippen molar-refractivity contribution in [1.82, 2.24) is 4.90 Å². The van der Waals surface area contributed by atoms with Gasteiger partial charge in [-0.1, -0.05) is 24.3 Å². The molecule has 0 saturated carbocycles. The number of rotatable bonds is 3. The number of aromatic hydroxyl groups is 1. The average molecular weight is 339 g/mol. The summed E-state index contributed by atoms with van der Waals surface area (Å²) in [6, 6.07) is 12.3. The molecule has 0 spiro atoms. The number of hydrogen-bond acceptors (Lipinski definition) is 4. The van der Waals surface area contributed by atoms with Crippen molar-refractivity contribution >= 4 is 0 Å². The minimum atomic E-state index is 0.238. The van der Waals surface area contributed by atoms with E-state index in [-0.39, 0.29) is 5.75 Å². The van der Waals surface area contributed by atoms with Gasteiger partial charge in [0.15, 0.2) is 11.5 Å². The highest BCUT2D eigenvalue weighted by atomic mass is 16.5. The van der Waals surface area contributed by atoms with Crippen molar-refractivity contribution in [3.63, 3.8) is 0 Å². The number of fused-ring (bicyclic) bond motifs is 1. The molecule has 0 amide bonds. The lowest BCUT2D eigenvalue weighted by molar-refractivity contribution is 0.159. The van der Waals surface area contributed by atoms with Crippen LogP contribution in [0.25, 0.3) is 11.1 Å². The van der Waals surface area contributed by atoms with E-state index in [1.54, 1.807) is 0 Å². The van der Waals surface area contributed by atoms with E-state index in [9.17, 15) is 5.11 Å². The van der Waals surface area contributed by atoms with Crippen molar-refractivity contribution < 1.29 is 14.6 Å². The topological polar surface area (TPSA) is 41.9 Å². The number of ether oxygens (including phenoxy) is 2. The van der Waals surface area contributed by atoms with Gasteiger partial charge < -0.3 is 14.6 Å². The predicted octanol–water partition coefficient (Wildman–Crippen LogP) is 3.60. The first-order valence-electron chi connectivity index (χ1n) is 9.05. The van der Waals surface area contributed by atoms with Crippen LogP contribution >= 0.6 is 0 Å². The third-order valence-electron chi connectivity index (χ3n) is 5.19. The molecule has 132 valence electrons. The van der Waals surface area contributed by atoms with Crippen molar-refractivity contribution in [1.29, 1.82) is 0 Å². The summed E-state index contributed by atoms with van der Waals surface area (Å²) in [6.45, 7) is 7.16. The van der Waals surface area contributed by atoms with Crippen molar-refractivity contribution in [2.75, 3.05) is 32.9 Å². The second-order valence-corrected chi connectivity index (χ2v) is 7.11. The van der Waals surface area contributed by atoms with Crippen LogP contribution in [0.2, 0.25) is 0 Å². The molecule has 25 heavy (non-hydrogen) atoms. The highest BCUT2D eigenvalue weighted by Crippen LogP contribution is 2.38. The van der Waals surface area contributed by atoms with Crippen LogP contribution in [-0.2, 0) is 11.3 Å². The van der Waals surface area contributed by atoms with Crippen LogP contribution in [0.5, 0.6) is 11.5 Å². The molecular weight excluding hydrogens is 314 g/mol. The molecule has 2 aromatic carbocycles. The van der Waals surface area contributed by atoms with Gasteiger partial charge in [0, 0.05) is 31.8 Å². The number of phenols is 1. The lowest BCUT2D eigenvalue weighted by Crippen LogP contribution is -2.31. The van der Waals surface area contributed by atoms with Gasteiger partial charge in [0.2, 0.25) is 0 Å². The summed E-state index contributed by atoms with van der Waals surface area (Å²) in [5, 5.41) is 10.5. The van der Waals surface area contributed by atoms with Crippen LogP contribution in [0.1, 0.15) is 17.5 Å². The molecule has 2 heterocycles. The second kappa shape index (κ2) is 7.06. The van der Waals surface area contributed by atoms with Gasteiger partial charge in [-0.05, 0) is 48.1 Å². The molecule has 1 atom stereocenters. The largest absolute Gasteiger partial charge is 0.504 e. The van der Waals surface area contributed by atoms with Gasteiger partial charge in [-0.25, -0.2) is 0 Å². The Bertz CT molecular complexity index is 753. The number of nitrogens with zero attached hydrogens (tertiary/aromatic N) is 1. The van der Waals surface area contributed by atoms with E-state index in [1.165, 1.54) is 5.56 Å². The maximum Gasteiger partial charge on any atom is 0.165 e. The molecular formula is C21H25NO3. The van der Waals surface area contributed by atoms with Crippen LogP contribution in [0.15, 0.2) is 36.4 Å². The molecule has 0 bridgehead atoms. The molecule has 4 rings (SSSR count). The van der Waals surface area contributed by atoms with Gasteiger partial charge in [-0.2, -0.15) is 0 Å². The minimum absolute atomic E-state index is 0.238. The van der Waals surface area contributed by atoms with Gasteiger partial charge in [0.1, 0.15) is 6.61 Å². The first-order valence-corrected chi connectivity index (χ1v) is 9.05. The van der Waals surface area contributed by atoms with Crippen molar-refractivity contribution in [2.24, 2.45) is 5.92 Å². The maximum absolute atomic E-state index is 10.5. The Labute approximate surface area is 149 Å². The van der Waals surface area contributed by atoms with E-state index in [4.69, 9.17) is 9.47 Å². The Morgan fingerprint density at radius 3 is 2.88 bits per heavy atom. The first-order chi connectivity index (χ1) is 12.2. The zero-order valence-electron chi connectivity index (χ0n) is 14.7. The lowest BCUT2D eigenvalue weighted by Gasteiger charge is -2.22. The highest BCUT2D eigenvalue weighted by Gasteiger charge is 2.24. The molecule has 2 aromatic rings. The third kappa shape index (κ3) is 3.51. The Morgan fingerprint density at radius 1 is 1.20 bits per heavy atom. The summed E-state index contributed by atoms with van der Waals surface area (Å²) < 4.78 is 11.4. The van der Waals surface area contributed by atoms with Gasteiger partial charge in [-0.15, -0.1) is 0 Å². The number of hydrogen-bond donors (Lipinski definition) is 1. The fourth-order valence-corrected chi connectivity index (χ4v) is 3.85. The zero-order chi connectivity index (χ0) is 17.2. The molecule has 0 aromatic heterocycles. The van der Waals surface area contributed by atoms with Crippen molar-refractivity contribution in [2.45, 2.75) is 19.9 Å². The number of benzene rings is 2. The SMILES string of the molecule is Cc1ccccc1-c1cc(O)c2c(c1)CN(C[C@@H]1CCOC1)CCO2. The van der Waals surface area contributed by atoms with Crippen LogP contribution in [-0.4, -0.2) is 42.9 Å². The van der Waals surface area contributed by atoms with E-state index in [0.29, 0.717) is 18.3 Å². The Kier molecular flexibility index (Phi) is 4.64. The molecule has 1 N–H and O–H groups in total. The summed E-state index contributed by atoms with van der Waals surface area (Å²) in [5.41, 5.74) is 4.47. The summed E-state index contributed by atoms with van der Waals surface area (Å²) in [5.74, 6) is 1.49. The smallest absolute Gasteiger partial charge is 0.165 e. The fourth-order valence-electron chi connectivity index (χ4n) is 3.85. The van der Waals surface area contributed by atoms with Crippen LogP contribution < -0.4 is 4.74 Å². The van der Waals surface area contributed by atoms with Crippen LogP contribution in [0, 0.1) is 12.8 Å². The van der Waals surface area contributed by atoms with E-state index in [1.807, 2.05) is 18.2 Å². The molecule has 4 nitrogen and oxygen atoms in total. The Morgan fingerprint density at radius 2 is 2.08 bits per heavy atom. The molecule has 2 aliphatic heterocycles. The molecule has 0 radical (unpaired) electrons.